The zero-order valence-electron chi connectivity index (χ0n) is 16.2. The molecular weight excluding hydrogens is 407 g/mol. The minimum Gasteiger partial charge on any atom is -0.337 e. The van der Waals surface area contributed by atoms with Gasteiger partial charge < -0.3 is 9.80 Å². The van der Waals surface area contributed by atoms with Crippen LogP contribution >= 0.6 is 11.6 Å². The topological polar surface area (TPSA) is 58.4 Å². The van der Waals surface area contributed by atoms with Gasteiger partial charge in [-0.2, -0.15) is 5.10 Å². The molecule has 30 heavy (non-hydrogen) atoms. The first kappa shape index (κ1) is 20.1. The predicted octanol–water partition coefficient (Wildman–Crippen LogP) is 3.65. The Labute approximate surface area is 178 Å². The molecule has 6 nitrogen and oxygen atoms in total. The maximum absolute atomic E-state index is 13.1. The van der Waals surface area contributed by atoms with E-state index in [4.69, 9.17) is 11.6 Å². The molecule has 0 aliphatic carbocycles. The van der Waals surface area contributed by atoms with Gasteiger partial charge in [0.15, 0.2) is 5.69 Å². The summed E-state index contributed by atoms with van der Waals surface area (Å²) in [6, 6.07) is 14.5. The van der Waals surface area contributed by atoms with Crippen molar-refractivity contribution in [3.63, 3.8) is 0 Å². The van der Waals surface area contributed by atoms with Gasteiger partial charge in [-0.05, 0) is 48.9 Å². The molecule has 1 aliphatic heterocycles. The van der Waals surface area contributed by atoms with Gasteiger partial charge in [-0.3, -0.25) is 9.59 Å². The van der Waals surface area contributed by atoms with Crippen molar-refractivity contribution in [1.82, 2.24) is 19.6 Å². The highest BCUT2D eigenvalue weighted by Gasteiger charge is 2.25. The molecule has 1 fully saturated rings. The van der Waals surface area contributed by atoms with Crippen LogP contribution in [-0.4, -0.2) is 57.6 Å². The van der Waals surface area contributed by atoms with Gasteiger partial charge in [0.05, 0.1) is 16.3 Å². The van der Waals surface area contributed by atoms with Crippen molar-refractivity contribution in [2.75, 3.05) is 26.2 Å². The number of halogens is 2. The van der Waals surface area contributed by atoms with Crippen molar-refractivity contribution < 1.29 is 14.0 Å². The molecule has 2 heterocycles. The van der Waals surface area contributed by atoms with Gasteiger partial charge in [0.1, 0.15) is 5.82 Å². The van der Waals surface area contributed by atoms with Gasteiger partial charge in [0, 0.05) is 32.4 Å². The fourth-order valence-corrected chi connectivity index (χ4v) is 3.68. The van der Waals surface area contributed by atoms with E-state index in [0.717, 1.165) is 0 Å². The number of nitrogens with zero attached hydrogens (tertiary/aromatic N) is 4. The monoisotopic (exact) mass is 426 g/mol. The zero-order valence-corrected chi connectivity index (χ0v) is 16.9. The lowest BCUT2D eigenvalue weighted by atomic mass is 10.2. The molecule has 1 aromatic heterocycles. The third-order valence-corrected chi connectivity index (χ3v) is 5.40. The number of carbonyl (C=O) groups excluding carboxylic acids is 2. The first-order valence-corrected chi connectivity index (χ1v) is 10.1. The number of carbonyl (C=O) groups is 2. The highest BCUT2D eigenvalue weighted by atomic mass is 35.5. The summed E-state index contributed by atoms with van der Waals surface area (Å²) in [5.74, 6) is -0.652. The Morgan fingerprint density at radius 2 is 1.53 bits per heavy atom. The van der Waals surface area contributed by atoms with Crippen LogP contribution in [0.4, 0.5) is 4.39 Å². The average Bonchev–Trinajstić information content (AvgIpc) is 3.11. The molecule has 0 radical (unpaired) electrons. The predicted molar refractivity (Wildman–Crippen MR) is 111 cm³/mol. The van der Waals surface area contributed by atoms with Gasteiger partial charge >= 0.3 is 0 Å². The summed E-state index contributed by atoms with van der Waals surface area (Å²) < 4.78 is 14.6. The molecule has 4 rings (SSSR count). The number of amides is 2. The highest BCUT2D eigenvalue weighted by Crippen LogP contribution is 2.19. The van der Waals surface area contributed by atoms with Crippen LogP contribution in [0.3, 0.4) is 0 Å². The molecule has 0 N–H and O–H groups in total. The Morgan fingerprint density at radius 3 is 2.23 bits per heavy atom. The van der Waals surface area contributed by atoms with Crippen LogP contribution < -0.4 is 0 Å². The fourth-order valence-electron chi connectivity index (χ4n) is 3.47. The minimum absolute atomic E-state index is 0.129. The first-order valence-electron chi connectivity index (χ1n) is 9.67. The normalized spacial score (nSPS) is 14.5. The van der Waals surface area contributed by atoms with Crippen LogP contribution in [0.1, 0.15) is 27.3 Å². The van der Waals surface area contributed by atoms with Crippen LogP contribution in [-0.2, 0) is 0 Å². The lowest BCUT2D eigenvalue weighted by molar-refractivity contribution is 0.0715. The Balaban J connectivity index is 1.43. The van der Waals surface area contributed by atoms with Crippen LogP contribution in [0.25, 0.3) is 5.69 Å². The van der Waals surface area contributed by atoms with E-state index in [-0.39, 0.29) is 17.6 Å². The number of rotatable bonds is 3. The van der Waals surface area contributed by atoms with Gasteiger partial charge in [0.2, 0.25) is 0 Å². The number of hydrogen-bond donors (Lipinski definition) is 0. The Bertz CT molecular complexity index is 1070. The summed E-state index contributed by atoms with van der Waals surface area (Å²) in [6.07, 6.45) is 2.34. The van der Waals surface area contributed by atoms with Crippen LogP contribution in [0, 0.1) is 5.82 Å². The maximum atomic E-state index is 13.1. The summed E-state index contributed by atoms with van der Waals surface area (Å²) in [6.45, 7) is 1.93. The largest absolute Gasteiger partial charge is 0.337 e. The summed E-state index contributed by atoms with van der Waals surface area (Å²) >= 11 is 6.16. The number of aromatic nitrogens is 2. The van der Waals surface area contributed by atoms with E-state index in [2.05, 4.69) is 5.10 Å². The molecule has 8 heteroatoms. The third-order valence-electron chi connectivity index (χ3n) is 5.07. The molecule has 1 saturated heterocycles. The highest BCUT2D eigenvalue weighted by molar-refractivity contribution is 6.33. The lowest BCUT2D eigenvalue weighted by Gasteiger charge is -2.22. The van der Waals surface area contributed by atoms with Crippen LogP contribution in [0.5, 0.6) is 0 Å². The second kappa shape index (κ2) is 8.67. The first-order chi connectivity index (χ1) is 14.5. The van der Waals surface area contributed by atoms with E-state index in [1.54, 1.807) is 58.5 Å². The molecule has 1 aliphatic rings. The molecule has 2 amide bonds. The van der Waals surface area contributed by atoms with Crippen molar-refractivity contribution in [1.29, 1.82) is 0 Å². The summed E-state index contributed by atoms with van der Waals surface area (Å²) in [5, 5.41) is 4.76. The van der Waals surface area contributed by atoms with E-state index in [1.165, 1.54) is 16.8 Å². The zero-order chi connectivity index (χ0) is 21.1. The molecule has 2 aromatic carbocycles. The van der Waals surface area contributed by atoms with Crippen LogP contribution in [0.15, 0.2) is 60.8 Å². The fraction of sp³-hybridized carbons (Fsp3) is 0.227. The van der Waals surface area contributed by atoms with Crippen molar-refractivity contribution in [2.24, 2.45) is 0 Å². The summed E-state index contributed by atoms with van der Waals surface area (Å²) in [5.41, 5.74) is 1.45. The van der Waals surface area contributed by atoms with Gasteiger partial charge in [-0.25, -0.2) is 9.07 Å². The number of benzene rings is 2. The molecule has 0 bridgehead atoms. The molecule has 0 atom stereocenters. The van der Waals surface area contributed by atoms with E-state index in [1.807, 2.05) is 0 Å². The summed E-state index contributed by atoms with van der Waals surface area (Å²) in [7, 11) is 0. The van der Waals surface area contributed by atoms with Gasteiger partial charge in [0.25, 0.3) is 11.8 Å². The second-order valence-corrected chi connectivity index (χ2v) is 7.45. The Kier molecular flexibility index (Phi) is 5.81. The smallest absolute Gasteiger partial charge is 0.274 e. The van der Waals surface area contributed by atoms with Crippen molar-refractivity contribution in [2.45, 2.75) is 6.42 Å². The van der Waals surface area contributed by atoms with Crippen molar-refractivity contribution in [3.8, 4) is 5.69 Å². The van der Waals surface area contributed by atoms with E-state index >= 15 is 0 Å². The molecule has 154 valence electrons. The molecule has 0 spiro atoms. The van der Waals surface area contributed by atoms with Gasteiger partial charge in [-0.15, -0.1) is 0 Å². The Morgan fingerprint density at radius 1 is 0.867 bits per heavy atom. The van der Waals surface area contributed by atoms with Gasteiger partial charge in [-0.1, -0.05) is 23.7 Å². The third kappa shape index (κ3) is 4.21. The SMILES string of the molecule is O=C(c1ccn(-c2ccc(F)cc2)n1)N1CCCN(C(=O)c2ccccc2Cl)CC1. The summed E-state index contributed by atoms with van der Waals surface area (Å²) in [4.78, 5) is 29.2. The molecular formula is C22H20ClFN4O2. The Hall–Kier alpha value is -3.19. The second-order valence-electron chi connectivity index (χ2n) is 7.04. The minimum atomic E-state index is -0.331. The lowest BCUT2D eigenvalue weighted by Crippen LogP contribution is -2.37. The molecule has 0 saturated carbocycles. The van der Waals surface area contributed by atoms with Crippen molar-refractivity contribution >= 4 is 23.4 Å². The average molecular weight is 427 g/mol. The molecule has 3 aromatic rings. The number of hydrogen-bond acceptors (Lipinski definition) is 3. The van der Waals surface area contributed by atoms with E-state index in [0.29, 0.717) is 54.6 Å². The standard InChI is InChI=1S/C22H20ClFN4O2/c23-19-5-2-1-4-18(19)21(29)26-11-3-12-27(15-14-26)22(30)20-10-13-28(25-20)17-8-6-16(24)7-9-17/h1-2,4-10,13H,3,11-12,14-15H2. The van der Waals surface area contributed by atoms with E-state index in [9.17, 15) is 14.0 Å². The van der Waals surface area contributed by atoms with Crippen LogP contribution in [0.2, 0.25) is 5.02 Å². The molecule has 0 unspecified atom stereocenters. The quantitative estimate of drug-likeness (QED) is 0.642. The maximum Gasteiger partial charge on any atom is 0.274 e. The van der Waals surface area contributed by atoms with Crippen molar-refractivity contribution in [3.05, 3.63) is 82.9 Å². The van der Waals surface area contributed by atoms with E-state index < -0.39 is 0 Å².